The molecule has 2 nitrogen and oxygen atoms in total. The predicted octanol–water partition coefficient (Wildman–Crippen LogP) is 4.70. The van der Waals surface area contributed by atoms with E-state index in [1.165, 1.54) is 16.7 Å². The lowest BCUT2D eigenvalue weighted by Gasteiger charge is -2.21. The summed E-state index contributed by atoms with van der Waals surface area (Å²) in [5, 5.41) is -0.363. The van der Waals surface area contributed by atoms with Gasteiger partial charge < -0.3 is 4.90 Å². The number of hydrogen-bond donors (Lipinski definition) is 0. The van der Waals surface area contributed by atoms with Crippen LogP contribution in [0.5, 0.6) is 0 Å². The van der Waals surface area contributed by atoms with Crippen molar-refractivity contribution >= 4 is 17.7 Å². The molecule has 0 bridgehead atoms. The summed E-state index contributed by atoms with van der Waals surface area (Å²) in [6, 6.07) is 4.80. The van der Waals surface area contributed by atoms with Gasteiger partial charge in [0.2, 0.25) is 0 Å². The van der Waals surface area contributed by atoms with E-state index < -0.39 is 40.6 Å². The topological polar surface area (TPSA) is 20.3 Å². The summed E-state index contributed by atoms with van der Waals surface area (Å²) in [7, 11) is 0. The molecule has 1 fully saturated rings. The minimum absolute atomic E-state index is 0.158. The van der Waals surface area contributed by atoms with Crippen LogP contribution in [0.15, 0.2) is 30.3 Å². The van der Waals surface area contributed by atoms with Crippen LogP contribution in [0, 0.1) is 29.1 Å². The summed E-state index contributed by atoms with van der Waals surface area (Å²) < 4.78 is 67.6. The molecule has 1 heterocycles. The highest BCUT2D eigenvalue weighted by molar-refractivity contribution is 7.99. The van der Waals surface area contributed by atoms with Crippen LogP contribution < -0.4 is 0 Å². The Balaban J connectivity index is 1.77. The lowest BCUT2D eigenvalue weighted by atomic mass is 10.1. The van der Waals surface area contributed by atoms with Crippen molar-refractivity contribution in [2.75, 3.05) is 18.8 Å². The fourth-order valence-electron chi connectivity index (χ4n) is 2.84. The third-order valence-electron chi connectivity index (χ3n) is 4.20. The van der Waals surface area contributed by atoms with Crippen LogP contribution in [-0.2, 0) is 0 Å². The standard InChI is InChI=1S/C18H14F5NOS/c19-10-1-3-13(20)12(9-10)15-5-6-24(7-8-26-15)18(25)11-2-4-14(21)17(23)16(11)22/h1-4,9,15H,5-8H2. The number of rotatable bonds is 2. The van der Waals surface area contributed by atoms with E-state index in [2.05, 4.69) is 0 Å². The molecule has 0 spiro atoms. The Morgan fingerprint density at radius 2 is 1.69 bits per heavy atom. The van der Waals surface area contributed by atoms with Crippen molar-refractivity contribution < 1.29 is 26.7 Å². The van der Waals surface area contributed by atoms with Crippen LogP contribution in [0.3, 0.4) is 0 Å². The fraction of sp³-hybridized carbons (Fsp3) is 0.278. The average molecular weight is 387 g/mol. The summed E-state index contributed by atoms with van der Waals surface area (Å²) in [5.41, 5.74) is -0.340. The van der Waals surface area contributed by atoms with Gasteiger partial charge in [-0.1, -0.05) is 0 Å². The zero-order valence-electron chi connectivity index (χ0n) is 13.4. The highest BCUT2D eigenvalue weighted by Crippen LogP contribution is 2.36. The molecule has 138 valence electrons. The zero-order chi connectivity index (χ0) is 18.8. The Labute approximate surface area is 151 Å². The Bertz CT molecular complexity index is 845. The number of thioether (sulfide) groups is 1. The van der Waals surface area contributed by atoms with Gasteiger partial charge in [0, 0.05) is 29.7 Å². The second-order valence-electron chi connectivity index (χ2n) is 5.83. The largest absolute Gasteiger partial charge is 0.338 e. The van der Waals surface area contributed by atoms with Crippen LogP contribution in [0.2, 0.25) is 0 Å². The van der Waals surface area contributed by atoms with E-state index in [0.29, 0.717) is 18.2 Å². The van der Waals surface area contributed by atoms with Crippen molar-refractivity contribution in [2.24, 2.45) is 0 Å². The molecule has 2 aromatic carbocycles. The molecule has 0 radical (unpaired) electrons. The summed E-state index contributed by atoms with van der Waals surface area (Å²) >= 11 is 1.36. The van der Waals surface area contributed by atoms with Gasteiger partial charge in [-0.05, 0) is 36.8 Å². The summed E-state index contributed by atoms with van der Waals surface area (Å²) in [6.07, 6.45) is 0.322. The molecule has 1 aliphatic heterocycles. The van der Waals surface area contributed by atoms with Crippen LogP contribution in [0.25, 0.3) is 0 Å². The molecule has 1 unspecified atom stereocenters. The van der Waals surface area contributed by atoms with Gasteiger partial charge in [-0.2, -0.15) is 11.8 Å². The Morgan fingerprint density at radius 1 is 0.962 bits per heavy atom. The summed E-state index contributed by atoms with van der Waals surface area (Å²) in [4.78, 5) is 13.8. The third-order valence-corrected chi connectivity index (χ3v) is 5.51. The quantitative estimate of drug-likeness (QED) is 0.550. The summed E-state index contributed by atoms with van der Waals surface area (Å²) in [6.45, 7) is 0.389. The van der Waals surface area contributed by atoms with Gasteiger partial charge in [0.1, 0.15) is 11.6 Å². The molecule has 8 heteroatoms. The van der Waals surface area contributed by atoms with E-state index in [0.717, 1.165) is 24.3 Å². The zero-order valence-corrected chi connectivity index (χ0v) is 14.3. The molecule has 1 aliphatic rings. The van der Waals surface area contributed by atoms with Gasteiger partial charge in [0.15, 0.2) is 17.5 Å². The Kier molecular flexibility index (Phi) is 5.50. The smallest absolute Gasteiger partial charge is 0.256 e. The van der Waals surface area contributed by atoms with Crippen molar-refractivity contribution in [3.63, 3.8) is 0 Å². The molecular formula is C18H14F5NOS. The number of benzene rings is 2. The normalized spacial score (nSPS) is 17.9. The maximum atomic E-state index is 14.0. The maximum Gasteiger partial charge on any atom is 0.256 e. The number of carbonyl (C=O) groups excluding carboxylic acids is 1. The van der Waals surface area contributed by atoms with Crippen LogP contribution in [0.4, 0.5) is 22.0 Å². The van der Waals surface area contributed by atoms with Crippen LogP contribution >= 0.6 is 11.8 Å². The van der Waals surface area contributed by atoms with E-state index >= 15 is 0 Å². The van der Waals surface area contributed by atoms with Gasteiger partial charge in [0.05, 0.1) is 5.56 Å². The van der Waals surface area contributed by atoms with Crippen molar-refractivity contribution in [3.05, 3.63) is 70.5 Å². The highest BCUT2D eigenvalue weighted by atomic mass is 32.2. The molecule has 0 aliphatic carbocycles. The fourth-order valence-corrected chi connectivity index (χ4v) is 4.09. The van der Waals surface area contributed by atoms with Crippen molar-refractivity contribution in [2.45, 2.75) is 11.7 Å². The van der Waals surface area contributed by atoms with Gasteiger partial charge >= 0.3 is 0 Å². The maximum absolute atomic E-state index is 14.0. The second kappa shape index (κ2) is 7.65. The predicted molar refractivity (Wildman–Crippen MR) is 88.4 cm³/mol. The minimum atomic E-state index is -1.69. The molecule has 1 atom stereocenters. The first-order valence-electron chi connectivity index (χ1n) is 7.88. The lowest BCUT2D eigenvalue weighted by molar-refractivity contribution is 0.0760. The van der Waals surface area contributed by atoms with Gasteiger partial charge in [-0.25, -0.2) is 22.0 Å². The van der Waals surface area contributed by atoms with E-state index in [1.54, 1.807) is 0 Å². The molecule has 0 N–H and O–H groups in total. The molecule has 3 rings (SSSR count). The van der Waals surface area contributed by atoms with Gasteiger partial charge in [-0.3, -0.25) is 4.79 Å². The van der Waals surface area contributed by atoms with Gasteiger partial charge in [0.25, 0.3) is 5.91 Å². The molecule has 1 saturated heterocycles. The number of nitrogens with zero attached hydrogens (tertiary/aromatic N) is 1. The van der Waals surface area contributed by atoms with E-state index in [4.69, 9.17) is 0 Å². The molecular weight excluding hydrogens is 373 g/mol. The first-order chi connectivity index (χ1) is 12.4. The van der Waals surface area contributed by atoms with Crippen molar-refractivity contribution in [1.29, 1.82) is 0 Å². The van der Waals surface area contributed by atoms with Crippen LogP contribution in [-0.4, -0.2) is 29.6 Å². The first kappa shape index (κ1) is 18.7. The minimum Gasteiger partial charge on any atom is -0.338 e. The molecule has 0 aromatic heterocycles. The average Bonchev–Trinajstić information content (AvgIpc) is 2.87. The Hall–Kier alpha value is -2.09. The van der Waals surface area contributed by atoms with E-state index in [-0.39, 0.29) is 23.9 Å². The highest BCUT2D eigenvalue weighted by Gasteiger charge is 2.27. The molecule has 1 amide bonds. The van der Waals surface area contributed by atoms with Crippen LogP contribution in [0.1, 0.15) is 27.6 Å². The number of hydrogen-bond acceptors (Lipinski definition) is 2. The SMILES string of the molecule is O=C(c1ccc(F)c(F)c1F)N1CCSC(c2cc(F)ccc2F)CC1. The molecule has 0 saturated carbocycles. The monoisotopic (exact) mass is 387 g/mol. The van der Waals surface area contributed by atoms with Crippen molar-refractivity contribution in [3.8, 4) is 0 Å². The Morgan fingerprint density at radius 3 is 2.46 bits per heavy atom. The molecule has 26 heavy (non-hydrogen) atoms. The second-order valence-corrected chi connectivity index (χ2v) is 7.14. The number of halogens is 5. The first-order valence-corrected chi connectivity index (χ1v) is 8.92. The third kappa shape index (κ3) is 3.70. The number of amides is 1. The van der Waals surface area contributed by atoms with Crippen molar-refractivity contribution in [1.82, 2.24) is 4.90 Å². The molecule has 2 aromatic rings. The van der Waals surface area contributed by atoms with Gasteiger partial charge in [-0.15, -0.1) is 0 Å². The summed E-state index contributed by atoms with van der Waals surface area (Å²) in [5.74, 6) is -6.02. The van der Waals surface area contributed by atoms with E-state index in [1.807, 2.05) is 0 Å². The number of carbonyl (C=O) groups is 1. The van der Waals surface area contributed by atoms with E-state index in [9.17, 15) is 26.7 Å². The lowest BCUT2D eigenvalue weighted by Crippen LogP contribution is -2.33.